The summed E-state index contributed by atoms with van der Waals surface area (Å²) in [6.07, 6.45) is 2.17. The first-order chi connectivity index (χ1) is 8.54. The zero-order valence-corrected chi connectivity index (χ0v) is 11.6. The van der Waals surface area contributed by atoms with Gasteiger partial charge in [-0.05, 0) is 45.7 Å². The maximum absolute atomic E-state index is 9.27. The molecular weight excluding hydrogens is 220 g/mol. The van der Waals surface area contributed by atoms with E-state index >= 15 is 0 Å². The average molecular weight is 242 g/mol. The molecule has 0 saturated carbocycles. The van der Waals surface area contributed by atoms with Gasteiger partial charge < -0.3 is 0 Å². The topological polar surface area (TPSA) is 27.0 Å². The van der Waals surface area contributed by atoms with Gasteiger partial charge in [-0.25, -0.2) is 0 Å². The minimum absolute atomic E-state index is 0.0160. The molecular formula is C16H22N2. The Morgan fingerprint density at radius 1 is 1.33 bits per heavy atom. The lowest BCUT2D eigenvalue weighted by Crippen LogP contribution is -2.52. The van der Waals surface area contributed by atoms with Crippen molar-refractivity contribution in [1.29, 1.82) is 5.26 Å². The number of hydrogen-bond acceptors (Lipinski definition) is 2. The van der Waals surface area contributed by atoms with Crippen molar-refractivity contribution in [3.05, 3.63) is 35.4 Å². The SMILES string of the molecule is Cc1ccc(CN2CCCC(C#N)C2(C)C)cc1. The Morgan fingerprint density at radius 2 is 2.00 bits per heavy atom. The molecule has 2 heteroatoms. The van der Waals surface area contributed by atoms with Gasteiger partial charge in [-0.15, -0.1) is 0 Å². The zero-order valence-electron chi connectivity index (χ0n) is 11.6. The van der Waals surface area contributed by atoms with Crippen LogP contribution in [0.15, 0.2) is 24.3 Å². The van der Waals surface area contributed by atoms with Crippen molar-refractivity contribution >= 4 is 0 Å². The van der Waals surface area contributed by atoms with Crippen LogP contribution < -0.4 is 0 Å². The first-order valence-corrected chi connectivity index (χ1v) is 6.74. The second kappa shape index (κ2) is 5.12. The molecule has 1 aliphatic heterocycles. The van der Waals surface area contributed by atoms with Gasteiger partial charge in [0.15, 0.2) is 0 Å². The second-order valence-electron chi connectivity index (χ2n) is 5.88. The van der Waals surface area contributed by atoms with Crippen molar-refractivity contribution in [2.45, 2.75) is 45.7 Å². The fraction of sp³-hybridized carbons (Fsp3) is 0.562. The third kappa shape index (κ3) is 2.57. The number of piperidine rings is 1. The predicted octanol–water partition coefficient (Wildman–Crippen LogP) is 3.51. The largest absolute Gasteiger partial charge is 0.293 e. The zero-order chi connectivity index (χ0) is 13.2. The van der Waals surface area contributed by atoms with Crippen LogP contribution in [0, 0.1) is 24.2 Å². The summed E-state index contributed by atoms with van der Waals surface area (Å²) in [5, 5.41) is 9.27. The molecule has 1 unspecified atom stereocenters. The van der Waals surface area contributed by atoms with Crippen molar-refractivity contribution in [1.82, 2.24) is 4.90 Å². The van der Waals surface area contributed by atoms with Crippen molar-refractivity contribution < 1.29 is 0 Å². The molecule has 96 valence electrons. The lowest BCUT2D eigenvalue weighted by Gasteiger charge is -2.45. The molecule has 0 radical (unpaired) electrons. The van der Waals surface area contributed by atoms with Crippen LogP contribution in [0.4, 0.5) is 0 Å². The number of hydrogen-bond donors (Lipinski definition) is 0. The fourth-order valence-corrected chi connectivity index (χ4v) is 2.77. The number of likely N-dealkylation sites (tertiary alicyclic amines) is 1. The third-order valence-corrected chi connectivity index (χ3v) is 4.24. The highest BCUT2D eigenvalue weighted by molar-refractivity contribution is 5.21. The summed E-state index contributed by atoms with van der Waals surface area (Å²) in [5.41, 5.74) is 2.62. The van der Waals surface area contributed by atoms with Gasteiger partial charge in [0.2, 0.25) is 0 Å². The highest BCUT2D eigenvalue weighted by atomic mass is 15.2. The summed E-state index contributed by atoms with van der Waals surface area (Å²) in [7, 11) is 0. The Bertz CT molecular complexity index is 439. The van der Waals surface area contributed by atoms with Crippen molar-refractivity contribution in [3.63, 3.8) is 0 Å². The highest BCUT2D eigenvalue weighted by Crippen LogP contribution is 2.33. The molecule has 2 rings (SSSR count). The van der Waals surface area contributed by atoms with Gasteiger partial charge in [0.05, 0.1) is 12.0 Å². The van der Waals surface area contributed by atoms with E-state index in [2.05, 4.69) is 56.0 Å². The van der Waals surface area contributed by atoms with E-state index in [4.69, 9.17) is 0 Å². The van der Waals surface area contributed by atoms with Gasteiger partial charge >= 0.3 is 0 Å². The molecule has 1 aromatic carbocycles. The van der Waals surface area contributed by atoms with Crippen LogP contribution in [0.3, 0.4) is 0 Å². The summed E-state index contributed by atoms with van der Waals surface area (Å²) >= 11 is 0. The summed E-state index contributed by atoms with van der Waals surface area (Å²) in [4.78, 5) is 2.45. The summed E-state index contributed by atoms with van der Waals surface area (Å²) in [6.45, 7) is 8.56. The summed E-state index contributed by atoms with van der Waals surface area (Å²) < 4.78 is 0. The molecule has 1 fully saturated rings. The quantitative estimate of drug-likeness (QED) is 0.793. The van der Waals surface area contributed by atoms with Gasteiger partial charge in [0.25, 0.3) is 0 Å². The Hall–Kier alpha value is -1.33. The fourth-order valence-electron chi connectivity index (χ4n) is 2.77. The molecule has 18 heavy (non-hydrogen) atoms. The molecule has 1 aliphatic rings. The van der Waals surface area contributed by atoms with E-state index in [-0.39, 0.29) is 11.5 Å². The van der Waals surface area contributed by atoms with Gasteiger partial charge in [0.1, 0.15) is 0 Å². The van der Waals surface area contributed by atoms with Crippen LogP contribution in [0.5, 0.6) is 0 Å². The standard InChI is InChI=1S/C16H22N2/c1-13-6-8-14(9-7-13)12-18-10-4-5-15(11-17)16(18,2)3/h6-9,15H,4-5,10,12H2,1-3H3. The van der Waals surface area contributed by atoms with E-state index in [0.717, 1.165) is 25.9 Å². The number of rotatable bonds is 2. The average Bonchev–Trinajstić information content (AvgIpc) is 2.34. The molecule has 0 bridgehead atoms. The number of nitrogens with zero attached hydrogens (tertiary/aromatic N) is 2. The molecule has 1 atom stereocenters. The Morgan fingerprint density at radius 3 is 2.61 bits per heavy atom. The normalized spacial score (nSPS) is 23.6. The van der Waals surface area contributed by atoms with E-state index in [9.17, 15) is 5.26 Å². The minimum Gasteiger partial charge on any atom is -0.293 e. The van der Waals surface area contributed by atoms with Gasteiger partial charge in [0, 0.05) is 12.1 Å². The molecule has 0 aromatic heterocycles. The van der Waals surface area contributed by atoms with Crippen molar-refractivity contribution in [2.75, 3.05) is 6.54 Å². The lowest BCUT2D eigenvalue weighted by atomic mass is 9.80. The Kier molecular flexibility index (Phi) is 3.73. The van der Waals surface area contributed by atoms with Crippen molar-refractivity contribution in [2.24, 2.45) is 5.92 Å². The molecule has 2 nitrogen and oxygen atoms in total. The Labute approximate surface area is 110 Å². The number of nitriles is 1. The van der Waals surface area contributed by atoms with Crippen LogP contribution in [0.2, 0.25) is 0 Å². The molecule has 1 saturated heterocycles. The summed E-state index contributed by atoms with van der Waals surface area (Å²) in [5.74, 6) is 0.150. The van der Waals surface area contributed by atoms with E-state index in [1.165, 1.54) is 11.1 Å². The van der Waals surface area contributed by atoms with E-state index in [1.54, 1.807) is 0 Å². The third-order valence-electron chi connectivity index (χ3n) is 4.24. The number of aryl methyl sites for hydroxylation is 1. The van der Waals surface area contributed by atoms with E-state index < -0.39 is 0 Å². The Balaban J connectivity index is 2.13. The predicted molar refractivity (Wildman–Crippen MR) is 74.0 cm³/mol. The first kappa shape index (κ1) is 13.1. The second-order valence-corrected chi connectivity index (χ2v) is 5.88. The molecule has 0 spiro atoms. The van der Waals surface area contributed by atoms with Crippen LogP contribution in [0.25, 0.3) is 0 Å². The van der Waals surface area contributed by atoms with Gasteiger partial charge in [-0.2, -0.15) is 5.26 Å². The van der Waals surface area contributed by atoms with Crippen LogP contribution in [0.1, 0.15) is 37.8 Å². The molecule has 0 amide bonds. The van der Waals surface area contributed by atoms with Gasteiger partial charge in [-0.3, -0.25) is 4.90 Å². The maximum Gasteiger partial charge on any atom is 0.0675 e. The van der Waals surface area contributed by atoms with Crippen LogP contribution in [-0.2, 0) is 6.54 Å². The smallest absolute Gasteiger partial charge is 0.0675 e. The molecule has 1 aromatic rings. The number of benzene rings is 1. The molecule has 0 aliphatic carbocycles. The van der Waals surface area contributed by atoms with Crippen LogP contribution in [-0.4, -0.2) is 17.0 Å². The van der Waals surface area contributed by atoms with E-state index in [1.807, 2.05) is 0 Å². The molecule has 1 heterocycles. The minimum atomic E-state index is -0.0160. The van der Waals surface area contributed by atoms with E-state index in [0.29, 0.717) is 0 Å². The maximum atomic E-state index is 9.27. The first-order valence-electron chi connectivity index (χ1n) is 6.74. The van der Waals surface area contributed by atoms with Crippen LogP contribution >= 0.6 is 0 Å². The summed E-state index contributed by atoms with van der Waals surface area (Å²) in [6, 6.07) is 11.2. The lowest BCUT2D eigenvalue weighted by molar-refractivity contribution is 0.0381. The molecule has 0 N–H and O–H groups in total. The van der Waals surface area contributed by atoms with Gasteiger partial charge in [-0.1, -0.05) is 29.8 Å². The van der Waals surface area contributed by atoms with Crippen molar-refractivity contribution in [3.8, 4) is 6.07 Å². The monoisotopic (exact) mass is 242 g/mol. The highest BCUT2D eigenvalue weighted by Gasteiger charge is 2.38.